The molecule has 0 aliphatic heterocycles. The highest BCUT2D eigenvalue weighted by atomic mass is 79.9. The van der Waals surface area contributed by atoms with Crippen LogP contribution in [0.3, 0.4) is 0 Å². The van der Waals surface area contributed by atoms with Gasteiger partial charge in [0, 0.05) is 0 Å². The molecule has 2 rings (SSSR count). The van der Waals surface area contributed by atoms with Crippen molar-refractivity contribution in [2.75, 3.05) is 7.11 Å². The van der Waals surface area contributed by atoms with Crippen LogP contribution in [0.4, 0.5) is 0 Å². The molecule has 0 aliphatic rings. The molecular formula is C16H17BrO3. The van der Waals surface area contributed by atoms with Crippen molar-refractivity contribution in [2.45, 2.75) is 20.0 Å². The number of aryl methyl sites for hydroxylation is 1. The lowest BCUT2D eigenvalue weighted by Crippen LogP contribution is -1.94. The third-order valence-electron chi connectivity index (χ3n) is 2.98. The van der Waals surface area contributed by atoms with Crippen molar-refractivity contribution in [3.8, 4) is 17.2 Å². The highest BCUT2D eigenvalue weighted by Gasteiger charge is 2.10. The fourth-order valence-corrected chi connectivity index (χ4v) is 2.31. The van der Waals surface area contributed by atoms with Gasteiger partial charge < -0.3 is 14.6 Å². The van der Waals surface area contributed by atoms with Crippen LogP contribution in [0.15, 0.2) is 40.9 Å². The van der Waals surface area contributed by atoms with E-state index in [1.54, 1.807) is 14.0 Å². The minimum Gasteiger partial charge on any atom is -0.493 e. The first kappa shape index (κ1) is 14.9. The average molecular weight is 337 g/mol. The lowest BCUT2D eigenvalue weighted by atomic mass is 10.1. The average Bonchev–Trinajstić information content (AvgIpc) is 2.42. The van der Waals surface area contributed by atoms with Crippen LogP contribution < -0.4 is 9.47 Å². The van der Waals surface area contributed by atoms with E-state index in [4.69, 9.17) is 9.47 Å². The summed E-state index contributed by atoms with van der Waals surface area (Å²) in [4.78, 5) is 0. The van der Waals surface area contributed by atoms with Crippen LogP contribution in [0.25, 0.3) is 0 Å². The predicted octanol–water partition coefficient (Wildman–Crippen LogP) is 4.61. The summed E-state index contributed by atoms with van der Waals surface area (Å²) in [5, 5.41) is 9.56. The van der Waals surface area contributed by atoms with E-state index in [0.717, 1.165) is 15.6 Å². The van der Waals surface area contributed by atoms with Crippen molar-refractivity contribution in [1.29, 1.82) is 0 Å². The molecule has 0 aromatic heterocycles. The van der Waals surface area contributed by atoms with Gasteiger partial charge in [-0.05, 0) is 65.2 Å². The summed E-state index contributed by atoms with van der Waals surface area (Å²) in [5.74, 6) is 2.02. The highest BCUT2D eigenvalue weighted by molar-refractivity contribution is 9.10. The predicted molar refractivity (Wildman–Crippen MR) is 82.6 cm³/mol. The number of aliphatic hydroxyl groups excluding tert-OH is 1. The Bertz CT molecular complexity index is 609. The van der Waals surface area contributed by atoms with Crippen LogP contribution >= 0.6 is 15.9 Å². The van der Waals surface area contributed by atoms with Crippen LogP contribution in [-0.2, 0) is 0 Å². The van der Waals surface area contributed by atoms with Crippen molar-refractivity contribution in [2.24, 2.45) is 0 Å². The van der Waals surface area contributed by atoms with Gasteiger partial charge in [0.25, 0.3) is 0 Å². The molecule has 1 N–H and O–H groups in total. The number of hydrogen-bond donors (Lipinski definition) is 1. The monoisotopic (exact) mass is 336 g/mol. The van der Waals surface area contributed by atoms with Crippen molar-refractivity contribution >= 4 is 15.9 Å². The van der Waals surface area contributed by atoms with Crippen LogP contribution in [-0.4, -0.2) is 12.2 Å². The van der Waals surface area contributed by atoms with E-state index >= 15 is 0 Å². The zero-order valence-corrected chi connectivity index (χ0v) is 13.3. The maximum absolute atomic E-state index is 9.56. The SMILES string of the molecule is COc1cc(C)ccc1Oc1ccc([C@@H](C)O)cc1Br. The molecule has 0 unspecified atom stereocenters. The Balaban J connectivity index is 2.30. The van der Waals surface area contributed by atoms with Crippen molar-refractivity contribution in [1.82, 2.24) is 0 Å². The number of halogens is 1. The number of rotatable bonds is 4. The molecule has 0 heterocycles. The molecule has 0 aliphatic carbocycles. The Labute approximate surface area is 127 Å². The van der Waals surface area contributed by atoms with E-state index in [-0.39, 0.29) is 0 Å². The van der Waals surface area contributed by atoms with Crippen molar-refractivity contribution < 1.29 is 14.6 Å². The first-order valence-electron chi connectivity index (χ1n) is 6.31. The molecule has 0 saturated heterocycles. The minimum absolute atomic E-state index is 0.505. The molecule has 0 fully saturated rings. The Morgan fingerprint density at radius 3 is 2.35 bits per heavy atom. The number of ether oxygens (including phenoxy) is 2. The summed E-state index contributed by atoms with van der Waals surface area (Å²) in [5.41, 5.74) is 1.94. The van der Waals surface area contributed by atoms with Crippen LogP contribution in [0.1, 0.15) is 24.2 Å². The van der Waals surface area contributed by atoms with E-state index in [0.29, 0.717) is 17.2 Å². The zero-order valence-electron chi connectivity index (χ0n) is 11.7. The molecule has 20 heavy (non-hydrogen) atoms. The van der Waals surface area contributed by atoms with E-state index in [1.807, 2.05) is 43.3 Å². The van der Waals surface area contributed by atoms with Crippen LogP contribution in [0, 0.1) is 6.92 Å². The van der Waals surface area contributed by atoms with Gasteiger partial charge in [0.15, 0.2) is 11.5 Å². The van der Waals surface area contributed by atoms with E-state index < -0.39 is 6.10 Å². The molecular weight excluding hydrogens is 320 g/mol. The molecule has 0 amide bonds. The van der Waals surface area contributed by atoms with Gasteiger partial charge in [-0.25, -0.2) is 0 Å². The molecule has 106 valence electrons. The number of aliphatic hydroxyl groups is 1. The quantitative estimate of drug-likeness (QED) is 0.885. The van der Waals surface area contributed by atoms with E-state index in [1.165, 1.54) is 0 Å². The fourth-order valence-electron chi connectivity index (χ4n) is 1.84. The second-order valence-corrected chi connectivity index (χ2v) is 5.48. The third kappa shape index (κ3) is 3.32. The smallest absolute Gasteiger partial charge is 0.169 e. The lowest BCUT2D eigenvalue weighted by molar-refractivity contribution is 0.199. The highest BCUT2D eigenvalue weighted by Crippen LogP contribution is 2.36. The van der Waals surface area contributed by atoms with Crippen LogP contribution in [0.2, 0.25) is 0 Å². The maximum atomic E-state index is 9.56. The fraction of sp³-hybridized carbons (Fsp3) is 0.250. The van der Waals surface area contributed by atoms with Gasteiger partial charge in [0.1, 0.15) is 5.75 Å². The summed E-state index contributed by atoms with van der Waals surface area (Å²) in [7, 11) is 1.62. The van der Waals surface area contributed by atoms with Gasteiger partial charge in [0.05, 0.1) is 17.7 Å². The first-order valence-corrected chi connectivity index (χ1v) is 7.10. The van der Waals surface area contributed by atoms with E-state index in [2.05, 4.69) is 15.9 Å². The van der Waals surface area contributed by atoms with E-state index in [9.17, 15) is 5.11 Å². The van der Waals surface area contributed by atoms with Gasteiger partial charge >= 0.3 is 0 Å². The van der Waals surface area contributed by atoms with Crippen molar-refractivity contribution in [3.63, 3.8) is 0 Å². The zero-order chi connectivity index (χ0) is 14.7. The Morgan fingerprint density at radius 1 is 1.05 bits per heavy atom. The third-order valence-corrected chi connectivity index (χ3v) is 3.60. The summed E-state index contributed by atoms with van der Waals surface area (Å²) in [6, 6.07) is 11.3. The summed E-state index contributed by atoms with van der Waals surface area (Å²) in [6.45, 7) is 3.73. The summed E-state index contributed by atoms with van der Waals surface area (Å²) < 4.78 is 12.0. The Kier molecular flexibility index (Phi) is 4.68. The molecule has 0 bridgehead atoms. The topological polar surface area (TPSA) is 38.7 Å². The maximum Gasteiger partial charge on any atom is 0.169 e. The van der Waals surface area contributed by atoms with Gasteiger partial charge in [-0.3, -0.25) is 0 Å². The minimum atomic E-state index is -0.505. The molecule has 1 atom stereocenters. The molecule has 0 saturated carbocycles. The molecule has 3 nitrogen and oxygen atoms in total. The Morgan fingerprint density at radius 2 is 1.75 bits per heavy atom. The Hall–Kier alpha value is -1.52. The number of hydrogen-bond acceptors (Lipinski definition) is 3. The number of methoxy groups -OCH3 is 1. The van der Waals surface area contributed by atoms with Gasteiger partial charge in [-0.2, -0.15) is 0 Å². The van der Waals surface area contributed by atoms with Crippen LogP contribution in [0.5, 0.6) is 17.2 Å². The second kappa shape index (κ2) is 6.29. The largest absolute Gasteiger partial charge is 0.493 e. The first-order chi connectivity index (χ1) is 9.51. The van der Waals surface area contributed by atoms with Gasteiger partial charge in [0.2, 0.25) is 0 Å². The summed E-state index contributed by atoms with van der Waals surface area (Å²) >= 11 is 3.46. The lowest BCUT2D eigenvalue weighted by Gasteiger charge is -2.13. The van der Waals surface area contributed by atoms with Gasteiger partial charge in [-0.1, -0.05) is 12.1 Å². The molecule has 2 aromatic carbocycles. The standard InChI is InChI=1S/C16H17BrO3/c1-10-4-6-15(16(8-10)19-3)20-14-7-5-12(11(2)18)9-13(14)17/h4-9,11,18H,1-3H3/t11-/m1/s1. The normalized spacial score (nSPS) is 12.1. The molecule has 0 spiro atoms. The summed E-state index contributed by atoms with van der Waals surface area (Å²) in [6.07, 6.45) is -0.505. The van der Waals surface area contributed by atoms with Crippen molar-refractivity contribution in [3.05, 3.63) is 52.0 Å². The number of benzene rings is 2. The molecule has 0 radical (unpaired) electrons. The van der Waals surface area contributed by atoms with Gasteiger partial charge in [-0.15, -0.1) is 0 Å². The molecule has 2 aromatic rings. The molecule has 4 heteroatoms. The second-order valence-electron chi connectivity index (χ2n) is 4.62.